The number of carboxylic acid groups (broad SMARTS) is 1. The maximum absolute atomic E-state index is 11.2. The Kier molecular flexibility index (Phi) is 3.38. The van der Waals surface area contributed by atoms with E-state index < -0.39 is 5.97 Å². The Bertz CT molecular complexity index is 560. The van der Waals surface area contributed by atoms with Crippen LogP contribution in [0.5, 0.6) is 0 Å². The van der Waals surface area contributed by atoms with E-state index in [2.05, 4.69) is 10.4 Å². The van der Waals surface area contributed by atoms with Crippen LogP contribution >= 0.6 is 11.3 Å². The average Bonchev–Trinajstić information content (AvgIpc) is 2.87. The number of carboxylic acids is 1. The van der Waals surface area contributed by atoms with Gasteiger partial charge in [0.15, 0.2) is 0 Å². The molecule has 0 spiro atoms. The Hall–Kier alpha value is -1.82. The number of aromatic nitrogens is 2. The molecule has 2 rings (SSSR count). The zero-order valence-electron chi connectivity index (χ0n) is 10.5. The Morgan fingerprint density at radius 2 is 2.33 bits per heavy atom. The molecule has 0 fully saturated rings. The highest BCUT2D eigenvalue weighted by Gasteiger charge is 2.21. The minimum absolute atomic E-state index is 0.0455. The summed E-state index contributed by atoms with van der Waals surface area (Å²) in [5.41, 5.74) is 1.89. The molecule has 0 aliphatic heterocycles. The highest BCUT2D eigenvalue weighted by atomic mass is 32.1. The maximum atomic E-state index is 11.2. The first-order valence-corrected chi connectivity index (χ1v) is 6.50. The fourth-order valence-electron chi connectivity index (χ4n) is 1.89. The molecule has 5 nitrogen and oxygen atoms in total. The third kappa shape index (κ3) is 2.24. The van der Waals surface area contributed by atoms with Crippen LogP contribution in [-0.4, -0.2) is 20.9 Å². The summed E-state index contributed by atoms with van der Waals surface area (Å²) in [5, 5.41) is 20.6. The first-order valence-electron chi connectivity index (χ1n) is 5.56. The van der Waals surface area contributed by atoms with Gasteiger partial charge in [0.25, 0.3) is 0 Å². The average molecular weight is 265 g/mol. The molecule has 0 aliphatic carbocycles. The van der Waals surface area contributed by atoms with Crippen molar-refractivity contribution in [1.29, 1.82) is 0 Å². The third-order valence-corrected chi connectivity index (χ3v) is 3.53. The fourth-order valence-corrected chi connectivity index (χ4v) is 2.64. The van der Waals surface area contributed by atoms with Crippen molar-refractivity contribution in [2.24, 2.45) is 7.05 Å². The van der Waals surface area contributed by atoms with E-state index in [0.717, 1.165) is 5.56 Å². The zero-order valence-corrected chi connectivity index (χ0v) is 11.3. The van der Waals surface area contributed by atoms with Crippen LogP contribution in [0.2, 0.25) is 0 Å². The van der Waals surface area contributed by atoms with Crippen molar-refractivity contribution in [3.8, 4) is 0 Å². The van der Waals surface area contributed by atoms with Gasteiger partial charge in [-0.1, -0.05) is 0 Å². The first-order chi connectivity index (χ1) is 8.50. The summed E-state index contributed by atoms with van der Waals surface area (Å²) in [6.07, 6.45) is 0. The number of aromatic carboxylic acids is 1. The van der Waals surface area contributed by atoms with Crippen LogP contribution in [0.3, 0.4) is 0 Å². The molecule has 0 aromatic carbocycles. The molecule has 1 atom stereocenters. The van der Waals surface area contributed by atoms with Gasteiger partial charge >= 0.3 is 5.97 Å². The highest BCUT2D eigenvalue weighted by Crippen LogP contribution is 2.25. The number of nitrogens with one attached hydrogen (secondary N) is 1. The molecule has 0 amide bonds. The van der Waals surface area contributed by atoms with Crippen LogP contribution in [0.15, 0.2) is 16.8 Å². The molecular weight excluding hydrogens is 250 g/mol. The van der Waals surface area contributed by atoms with E-state index >= 15 is 0 Å². The molecule has 0 bridgehead atoms. The first kappa shape index (κ1) is 12.6. The molecule has 0 aliphatic rings. The molecule has 2 aromatic rings. The van der Waals surface area contributed by atoms with Gasteiger partial charge in [0.2, 0.25) is 0 Å². The lowest BCUT2D eigenvalue weighted by Crippen LogP contribution is -2.12. The third-order valence-electron chi connectivity index (χ3n) is 2.83. The Labute approximate surface area is 109 Å². The monoisotopic (exact) mass is 265 g/mol. The van der Waals surface area contributed by atoms with E-state index in [1.54, 1.807) is 30.0 Å². The largest absolute Gasteiger partial charge is 0.477 e. The summed E-state index contributed by atoms with van der Waals surface area (Å²) in [7, 11) is 1.74. The lowest BCUT2D eigenvalue weighted by molar-refractivity contribution is 0.0697. The molecule has 2 aromatic heterocycles. The Balaban J connectivity index is 2.31. The number of anilines is 1. The van der Waals surface area contributed by atoms with Crippen molar-refractivity contribution in [3.63, 3.8) is 0 Å². The molecular formula is C12H15N3O2S. The Morgan fingerprint density at radius 3 is 2.89 bits per heavy atom. The molecule has 96 valence electrons. The number of hydrogen-bond donors (Lipinski definition) is 2. The summed E-state index contributed by atoms with van der Waals surface area (Å²) in [5.74, 6) is -0.417. The fraction of sp³-hybridized carbons (Fsp3) is 0.333. The van der Waals surface area contributed by atoms with Crippen LogP contribution in [-0.2, 0) is 7.05 Å². The SMILES string of the molecule is Cc1nn(C)c(NC(C)c2ccsc2)c1C(=O)O. The second kappa shape index (κ2) is 4.81. The summed E-state index contributed by atoms with van der Waals surface area (Å²) in [6, 6.07) is 2.07. The minimum atomic E-state index is -0.958. The smallest absolute Gasteiger partial charge is 0.341 e. The van der Waals surface area contributed by atoms with E-state index in [-0.39, 0.29) is 11.6 Å². The summed E-state index contributed by atoms with van der Waals surface area (Å²) in [4.78, 5) is 11.2. The van der Waals surface area contributed by atoms with Crippen LogP contribution in [0.4, 0.5) is 5.82 Å². The van der Waals surface area contributed by atoms with Crippen molar-refractivity contribution in [2.45, 2.75) is 19.9 Å². The van der Waals surface area contributed by atoms with Gasteiger partial charge in [-0.25, -0.2) is 4.79 Å². The summed E-state index contributed by atoms with van der Waals surface area (Å²) >= 11 is 1.62. The lowest BCUT2D eigenvalue weighted by Gasteiger charge is -2.14. The molecule has 0 saturated heterocycles. The molecule has 1 unspecified atom stereocenters. The quantitative estimate of drug-likeness (QED) is 0.892. The van der Waals surface area contributed by atoms with Gasteiger partial charge < -0.3 is 10.4 Å². The zero-order chi connectivity index (χ0) is 13.3. The van der Waals surface area contributed by atoms with Crippen molar-refractivity contribution >= 4 is 23.1 Å². The minimum Gasteiger partial charge on any atom is -0.477 e. The predicted molar refractivity (Wildman–Crippen MR) is 71.3 cm³/mol. The van der Waals surface area contributed by atoms with Crippen LogP contribution in [0.25, 0.3) is 0 Å². The predicted octanol–water partition coefficient (Wildman–Crippen LogP) is 2.66. The summed E-state index contributed by atoms with van der Waals surface area (Å²) in [6.45, 7) is 3.69. The molecule has 6 heteroatoms. The molecule has 2 heterocycles. The molecule has 0 saturated carbocycles. The standard InChI is InChI=1S/C12H15N3O2S/c1-7(9-4-5-18-6-9)13-11-10(12(16)17)8(2)14-15(11)3/h4-7,13H,1-3H3,(H,16,17). The van der Waals surface area contributed by atoms with E-state index in [9.17, 15) is 9.90 Å². The van der Waals surface area contributed by atoms with Gasteiger partial charge in [-0.05, 0) is 36.2 Å². The van der Waals surface area contributed by atoms with E-state index in [0.29, 0.717) is 11.5 Å². The second-order valence-corrected chi connectivity index (χ2v) is 4.94. The van der Waals surface area contributed by atoms with Gasteiger partial charge in [-0.2, -0.15) is 16.4 Å². The van der Waals surface area contributed by atoms with Gasteiger partial charge in [-0.3, -0.25) is 4.68 Å². The van der Waals surface area contributed by atoms with Crippen molar-refractivity contribution < 1.29 is 9.90 Å². The van der Waals surface area contributed by atoms with Crippen molar-refractivity contribution in [3.05, 3.63) is 33.6 Å². The second-order valence-electron chi connectivity index (χ2n) is 4.16. The summed E-state index contributed by atoms with van der Waals surface area (Å²) < 4.78 is 1.57. The van der Waals surface area contributed by atoms with E-state index in [1.165, 1.54) is 0 Å². The normalized spacial score (nSPS) is 12.4. The van der Waals surface area contributed by atoms with Crippen LogP contribution < -0.4 is 5.32 Å². The number of rotatable bonds is 4. The van der Waals surface area contributed by atoms with Gasteiger partial charge in [0, 0.05) is 7.05 Å². The number of aryl methyl sites for hydroxylation is 2. The molecule has 0 radical (unpaired) electrons. The lowest BCUT2D eigenvalue weighted by atomic mass is 10.1. The van der Waals surface area contributed by atoms with E-state index in [4.69, 9.17) is 0 Å². The molecule has 2 N–H and O–H groups in total. The maximum Gasteiger partial charge on any atom is 0.341 e. The van der Waals surface area contributed by atoms with Crippen molar-refractivity contribution in [2.75, 3.05) is 5.32 Å². The number of nitrogens with zero attached hydrogens (tertiary/aromatic N) is 2. The topological polar surface area (TPSA) is 67.2 Å². The highest BCUT2D eigenvalue weighted by molar-refractivity contribution is 7.07. The molecule has 18 heavy (non-hydrogen) atoms. The van der Waals surface area contributed by atoms with E-state index in [1.807, 2.05) is 23.8 Å². The Morgan fingerprint density at radius 1 is 1.61 bits per heavy atom. The van der Waals surface area contributed by atoms with Gasteiger partial charge in [0.1, 0.15) is 11.4 Å². The number of thiophene rings is 1. The van der Waals surface area contributed by atoms with Crippen LogP contribution in [0.1, 0.15) is 34.6 Å². The number of carbonyl (C=O) groups is 1. The van der Waals surface area contributed by atoms with Gasteiger partial charge in [-0.15, -0.1) is 0 Å². The van der Waals surface area contributed by atoms with Crippen LogP contribution in [0, 0.1) is 6.92 Å². The van der Waals surface area contributed by atoms with Gasteiger partial charge in [0.05, 0.1) is 11.7 Å². The number of hydrogen-bond acceptors (Lipinski definition) is 4. The van der Waals surface area contributed by atoms with Crippen molar-refractivity contribution in [1.82, 2.24) is 9.78 Å².